The van der Waals surface area contributed by atoms with Crippen molar-refractivity contribution >= 4 is 17.6 Å². The lowest BCUT2D eigenvalue weighted by molar-refractivity contribution is -0.142. The van der Waals surface area contributed by atoms with Crippen molar-refractivity contribution < 1.29 is 24.2 Å². The molecule has 0 fully saturated rings. The number of carbonyl (C=O) groups excluding carboxylic acids is 1. The van der Waals surface area contributed by atoms with E-state index in [4.69, 9.17) is 9.47 Å². The molecule has 0 saturated carbocycles. The molecule has 1 amide bonds. The molecule has 0 aromatic heterocycles. The summed E-state index contributed by atoms with van der Waals surface area (Å²) in [5, 5.41) is 12.1. The van der Waals surface area contributed by atoms with Gasteiger partial charge in [0.25, 0.3) is 0 Å². The number of aliphatic carboxylic acids is 1. The average Bonchev–Trinajstić information content (AvgIpc) is 2.66. The third-order valence-electron chi connectivity index (χ3n) is 4.51. The highest BCUT2D eigenvalue weighted by molar-refractivity contribution is 5.91. The minimum Gasteiger partial charge on any atom is -0.493 e. The number of aryl methyl sites for hydroxylation is 1. The Balaban J connectivity index is 1.95. The maximum atomic E-state index is 12.2. The minimum atomic E-state index is -0.976. The van der Waals surface area contributed by atoms with Crippen molar-refractivity contribution in [3.05, 3.63) is 53.6 Å². The highest BCUT2D eigenvalue weighted by atomic mass is 16.5. The number of anilines is 1. The number of carboxylic acid groups (broad SMARTS) is 1. The second-order valence-electron chi connectivity index (χ2n) is 6.75. The summed E-state index contributed by atoms with van der Waals surface area (Å²) in [6, 6.07) is 12.4. The third-order valence-corrected chi connectivity index (χ3v) is 4.51. The number of ether oxygens (including phenoxy) is 2. The lowest BCUT2D eigenvalue weighted by Crippen LogP contribution is -2.28. The molecule has 0 saturated heterocycles. The van der Waals surface area contributed by atoms with Crippen molar-refractivity contribution in [2.75, 3.05) is 19.5 Å². The van der Waals surface area contributed by atoms with Crippen molar-refractivity contribution in [2.45, 2.75) is 32.1 Å². The molecule has 2 aromatic carbocycles. The van der Waals surface area contributed by atoms with Gasteiger partial charge in [0.1, 0.15) is 0 Å². The molecule has 27 heavy (non-hydrogen) atoms. The quantitative estimate of drug-likeness (QED) is 0.740. The first-order valence-electron chi connectivity index (χ1n) is 8.62. The van der Waals surface area contributed by atoms with Gasteiger partial charge in [-0.15, -0.1) is 0 Å². The normalized spacial score (nSPS) is 11.0. The number of amides is 1. The summed E-state index contributed by atoms with van der Waals surface area (Å²) in [5.74, 6) is 0.270. The van der Waals surface area contributed by atoms with E-state index < -0.39 is 11.4 Å². The molecule has 2 aromatic rings. The Kier molecular flexibility index (Phi) is 6.45. The highest BCUT2D eigenvalue weighted by Crippen LogP contribution is 2.28. The summed E-state index contributed by atoms with van der Waals surface area (Å²) in [5.41, 5.74) is 1.31. The standard InChI is InChI=1S/C21H25NO5/c1-21(2,20(24)25)15-7-9-16(10-8-15)22-19(23)12-6-14-5-11-17(26-3)18(13-14)27-4/h5,7-11,13H,6,12H2,1-4H3,(H,22,23)(H,24,25). The second-order valence-corrected chi connectivity index (χ2v) is 6.75. The highest BCUT2D eigenvalue weighted by Gasteiger charge is 2.29. The van der Waals surface area contributed by atoms with Gasteiger partial charge in [-0.1, -0.05) is 18.2 Å². The summed E-state index contributed by atoms with van der Waals surface area (Å²) in [6.07, 6.45) is 0.883. The second kappa shape index (κ2) is 8.58. The molecule has 0 aliphatic carbocycles. The Morgan fingerprint density at radius 2 is 1.63 bits per heavy atom. The van der Waals surface area contributed by atoms with E-state index in [0.29, 0.717) is 35.6 Å². The predicted molar refractivity (Wildman–Crippen MR) is 104 cm³/mol. The number of carboxylic acids is 1. The zero-order valence-electron chi connectivity index (χ0n) is 16.0. The van der Waals surface area contributed by atoms with Crippen LogP contribution in [0, 0.1) is 0 Å². The van der Waals surface area contributed by atoms with E-state index in [1.807, 2.05) is 18.2 Å². The molecule has 0 atom stereocenters. The van der Waals surface area contributed by atoms with Crippen LogP contribution in [0.5, 0.6) is 11.5 Å². The fourth-order valence-corrected chi connectivity index (χ4v) is 2.61. The van der Waals surface area contributed by atoms with Gasteiger partial charge >= 0.3 is 5.97 Å². The van der Waals surface area contributed by atoms with Crippen molar-refractivity contribution in [3.63, 3.8) is 0 Å². The SMILES string of the molecule is COc1ccc(CCC(=O)Nc2ccc(C(C)(C)C(=O)O)cc2)cc1OC. The fraction of sp³-hybridized carbons (Fsp3) is 0.333. The van der Waals surface area contributed by atoms with Crippen LogP contribution in [0.25, 0.3) is 0 Å². The molecule has 144 valence electrons. The molecule has 2 rings (SSSR count). The number of benzene rings is 2. The van der Waals surface area contributed by atoms with Gasteiger partial charge in [0.05, 0.1) is 19.6 Å². The van der Waals surface area contributed by atoms with Gasteiger partial charge < -0.3 is 19.9 Å². The molecule has 0 spiro atoms. The summed E-state index contributed by atoms with van der Waals surface area (Å²) in [7, 11) is 3.15. The minimum absolute atomic E-state index is 0.116. The van der Waals surface area contributed by atoms with Crippen molar-refractivity contribution in [2.24, 2.45) is 0 Å². The van der Waals surface area contributed by atoms with Gasteiger partial charge in [0.15, 0.2) is 11.5 Å². The molecule has 0 heterocycles. The number of carbonyl (C=O) groups is 2. The topological polar surface area (TPSA) is 84.9 Å². The maximum absolute atomic E-state index is 12.2. The number of methoxy groups -OCH3 is 2. The third kappa shape index (κ3) is 5.00. The molecule has 0 aliphatic rings. The average molecular weight is 371 g/mol. The van der Waals surface area contributed by atoms with E-state index >= 15 is 0 Å². The first-order valence-corrected chi connectivity index (χ1v) is 8.62. The summed E-state index contributed by atoms with van der Waals surface area (Å²) in [4.78, 5) is 23.5. The molecule has 6 nitrogen and oxygen atoms in total. The Morgan fingerprint density at radius 1 is 1.00 bits per heavy atom. The van der Waals surface area contributed by atoms with E-state index in [1.165, 1.54) is 0 Å². The first kappa shape index (κ1) is 20.3. The summed E-state index contributed by atoms with van der Waals surface area (Å²) < 4.78 is 10.5. The van der Waals surface area contributed by atoms with Gasteiger partial charge in [-0.25, -0.2) is 0 Å². The predicted octanol–water partition coefficient (Wildman–Crippen LogP) is 3.64. The van der Waals surface area contributed by atoms with Crippen LogP contribution in [0.3, 0.4) is 0 Å². The number of nitrogens with one attached hydrogen (secondary N) is 1. The number of hydrogen-bond acceptors (Lipinski definition) is 4. The lowest BCUT2D eigenvalue weighted by Gasteiger charge is -2.19. The first-order chi connectivity index (χ1) is 12.8. The van der Waals surface area contributed by atoms with Crippen molar-refractivity contribution in [1.82, 2.24) is 0 Å². The molecular formula is C21H25NO5. The summed E-state index contributed by atoms with van der Waals surface area (Å²) >= 11 is 0. The Hall–Kier alpha value is -3.02. The van der Waals surface area contributed by atoms with E-state index in [-0.39, 0.29) is 5.91 Å². The molecule has 6 heteroatoms. The van der Waals surface area contributed by atoms with Crippen LogP contribution in [0.4, 0.5) is 5.69 Å². The Morgan fingerprint density at radius 3 is 2.19 bits per heavy atom. The fourth-order valence-electron chi connectivity index (χ4n) is 2.61. The van der Waals surface area contributed by atoms with Gasteiger partial charge in [0.2, 0.25) is 5.91 Å². The van der Waals surface area contributed by atoms with Gasteiger partial charge in [0, 0.05) is 12.1 Å². The van der Waals surface area contributed by atoms with Crippen LogP contribution in [-0.4, -0.2) is 31.2 Å². The van der Waals surface area contributed by atoms with Crippen LogP contribution >= 0.6 is 0 Å². The van der Waals surface area contributed by atoms with Gasteiger partial charge in [-0.2, -0.15) is 0 Å². The molecular weight excluding hydrogens is 346 g/mol. The van der Waals surface area contributed by atoms with Gasteiger partial charge in [-0.05, 0) is 55.7 Å². The summed E-state index contributed by atoms with van der Waals surface area (Å²) in [6.45, 7) is 3.29. The smallest absolute Gasteiger partial charge is 0.313 e. The van der Waals surface area contributed by atoms with Crippen molar-refractivity contribution in [1.29, 1.82) is 0 Å². The zero-order valence-corrected chi connectivity index (χ0v) is 16.0. The van der Waals surface area contributed by atoms with Crippen LogP contribution in [0.2, 0.25) is 0 Å². The Bertz CT molecular complexity index is 812. The van der Waals surface area contributed by atoms with E-state index in [2.05, 4.69) is 5.32 Å². The van der Waals surface area contributed by atoms with E-state index in [9.17, 15) is 14.7 Å². The maximum Gasteiger partial charge on any atom is 0.313 e. The number of hydrogen-bond donors (Lipinski definition) is 2. The van der Waals surface area contributed by atoms with Crippen LogP contribution in [0.15, 0.2) is 42.5 Å². The zero-order chi connectivity index (χ0) is 20.0. The van der Waals surface area contributed by atoms with Crippen molar-refractivity contribution in [3.8, 4) is 11.5 Å². The lowest BCUT2D eigenvalue weighted by atomic mass is 9.85. The number of rotatable bonds is 8. The Labute approximate surface area is 159 Å². The molecule has 2 N–H and O–H groups in total. The molecule has 0 bridgehead atoms. The van der Waals surface area contributed by atoms with Gasteiger partial charge in [-0.3, -0.25) is 9.59 Å². The van der Waals surface area contributed by atoms with Crippen LogP contribution < -0.4 is 14.8 Å². The molecule has 0 unspecified atom stereocenters. The van der Waals surface area contributed by atoms with E-state index in [0.717, 1.165) is 5.56 Å². The van der Waals surface area contributed by atoms with Crippen LogP contribution in [0.1, 0.15) is 31.4 Å². The molecule has 0 radical (unpaired) electrons. The molecule has 0 aliphatic heterocycles. The van der Waals surface area contributed by atoms with Crippen LogP contribution in [-0.2, 0) is 21.4 Å². The largest absolute Gasteiger partial charge is 0.493 e. The van der Waals surface area contributed by atoms with E-state index in [1.54, 1.807) is 52.3 Å². The monoisotopic (exact) mass is 371 g/mol.